The Morgan fingerprint density at radius 3 is 2.81 bits per heavy atom. The van der Waals surface area contributed by atoms with Crippen LogP contribution < -0.4 is 5.32 Å². The van der Waals surface area contributed by atoms with Gasteiger partial charge >= 0.3 is 0 Å². The molecular weight excluding hydrogens is 225 g/mol. The van der Waals surface area contributed by atoms with E-state index in [2.05, 4.69) is 5.32 Å². The Bertz CT molecular complexity index is 348. The molecule has 0 saturated heterocycles. The van der Waals surface area contributed by atoms with Gasteiger partial charge in [0.25, 0.3) is 0 Å². The van der Waals surface area contributed by atoms with Crippen LogP contribution in [0.25, 0.3) is 0 Å². The first kappa shape index (κ1) is 11.9. The van der Waals surface area contributed by atoms with Gasteiger partial charge in [-0.2, -0.15) is 0 Å². The Labute approximate surface area is 101 Å². The number of nitrogens with one attached hydrogen (secondary N) is 1. The predicted octanol–water partition coefficient (Wildman–Crippen LogP) is 3.76. The van der Waals surface area contributed by atoms with Crippen LogP contribution >= 0.6 is 11.6 Å². The maximum atomic E-state index is 13.5. The largest absolute Gasteiger partial charge is 0.312 e. The van der Waals surface area contributed by atoms with Crippen LogP contribution in [-0.4, -0.2) is 6.54 Å². The second-order valence-corrected chi connectivity index (χ2v) is 4.90. The monoisotopic (exact) mass is 241 g/mol. The van der Waals surface area contributed by atoms with Gasteiger partial charge in [0.1, 0.15) is 5.82 Å². The summed E-state index contributed by atoms with van der Waals surface area (Å²) >= 11 is 5.72. The Morgan fingerprint density at radius 1 is 1.31 bits per heavy atom. The van der Waals surface area contributed by atoms with Crippen molar-refractivity contribution in [2.75, 3.05) is 6.54 Å². The Kier molecular flexibility index (Phi) is 4.19. The predicted molar refractivity (Wildman–Crippen MR) is 65.1 cm³/mol. The van der Waals surface area contributed by atoms with Gasteiger partial charge in [0, 0.05) is 12.1 Å². The maximum absolute atomic E-state index is 13.5. The van der Waals surface area contributed by atoms with Crippen LogP contribution in [0.1, 0.15) is 31.2 Å². The van der Waals surface area contributed by atoms with Crippen LogP contribution in [0.2, 0.25) is 5.02 Å². The first-order valence-corrected chi connectivity index (χ1v) is 6.29. The van der Waals surface area contributed by atoms with Crippen LogP contribution in [0.15, 0.2) is 18.2 Å². The summed E-state index contributed by atoms with van der Waals surface area (Å²) in [7, 11) is 0. The van der Waals surface area contributed by atoms with Gasteiger partial charge < -0.3 is 5.32 Å². The van der Waals surface area contributed by atoms with Gasteiger partial charge in [-0.1, -0.05) is 36.6 Å². The lowest BCUT2D eigenvalue weighted by molar-refractivity contribution is 0.483. The van der Waals surface area contributed by atoms with E-state index < -0.39 is 0 Å². The molecule has 0 amide bonds. The van der Waals surface area contributed by atoms with E-state index in [-0.39, 0.29) is 10.8 Å². The topological polar surface area (TPSA) is 12.0 Å². The van der Waals surface area contributed by atoms with Crippen molar-refractivity contribution in [2.24, 2.45) is 5.92 Å². The van der Waals surface area contributed by atoms with Gasteiger partial charge in [0.2, 0.25) is 0 Å². The molecule has 1 saturated carbocycles. The van der Waals surface area contributed by atoms with E-state index in [1.165, 1.54) is 25.7 Å². The summed E-state index contributed by atoms with van der Waals surface area (Å²) < 4.78 is 13.5. The summed E-state index contributed by atoms with van der Waals surface area (Å²) in [6.45, 7) is 1.56. The fourth-order valence-corrected chi connectivity index (χ4v) is 2.50. The molecule has 0 radical (unpaired) electrons. The third kappa shape index (κ3) is 2.96. The second-order valence-electron chi connectivity index (χ2n) is 4.49. The molecule has 16 heavy (non-hydrogen) atoms. The minimum absolute atomic E-state index is 0.208. The molecule has 88 valence electrons. The molecule has 0 aliphatic heterocycles. The average molecular weight is 242 g/mol. The van der Waals surface area contributed by atoms with Crippen molar-refractivity contribution >= 4 is 11.6 Å². The van der Waals surface area contributed by atoms with E-state index in [0.717, 1.165) is 12.5 Å². The smallest absolute Gasteiger partial charge is 0.146 e. The van der Waals surface area contributed by atoms with Crippen LogP contribution in [0, 0.1) is 11.7 Å². The molecule has 1 aliphatic carbocycles. The van der Waals surface area contributed by atoms with Gasteiger partial charge in [-0.3, -0.25) is 0 Å². The van der Waals surface area contributed by atoms with Gasteiger partial charge in [0.05, 0.1) is 5.02 Å². The van der Waals surface area contributed by atoms with Gasteiger partial charge in [-0.15, -0.1) is 0 Å². The molecule has 1 nitrogen and oxygen atoms in total. The summed E-state index contributed by atoms with van der Waals surface area (Å²) in [6, 6.07) is 5.15. The maximum Gasteiger partial charge on any atom is 0.146 e. The van der Waals surface area contributed by atoms with Crippen molar-refractivity contribution in [1.82, 2.24) is 5.32 Å². The lowest BCUT2D eigenvalue weighted by Gasteiger charge is -2.11. The molecule has 0 aromatic heterocycles. The third-order valence-electron chi connectivity index (χ3n) is 3.25. The van der Waals surface area contributed by atoms with Crippen molar-refractivity contribution in [1.29, 1.82) is 0 Å². The molecule has 1 aliphatic rings. The normalized spacial score (nSPS) is 16.9. The Hall–Kier alpha value is -0.600. The molecule has 0 atom stereocenters. The van der Waals surface area contributed by atoms with E-state index in [0.29, 0.717) is 12.1 Å². The highest BCUT2D eigenvalue weighted by Crippen LogP contribution is 2.24. The van der Waals surface area contributed by atoms with Crippen molar-refractivity contribution in [3.05, 3.63) is 34.6 Å². The fourth-order valence-electron chi connectivity index (χ4n) is 2.31. The van der Waals surface area contributed by atoms with E-state index in [1.54, 1.807) is 18.2 Å². The molecule has 1 aromatic rings. The number of hydrogen-bond acceptors (Lipinski definition) is 1. The molecule has 1 N–H and O–H groups in total. The SMILES string of the molecule is Fc1c(Cl)cccc1CNCC1CCCC1. The summed E-state index contributed by atoms with van der Waals surface area (Å²) in [5.41, 5.74) is 0.658. The highest BCUT2D eigenvalue weighted by atomic mass is 35.5. The zero-order valence-corrected chi connectivity index (χ0v) is 10.1. The van der Waals surface area contributed by atoms with Crippen LogP contribution in [0.5, 0.6) is 0 Å². The van der Waals surface area contributed by atoms with Crippen LogP contribution in [0.3, 0.4) is 0 Å². The number of benzene rings is 1. The summed E-state index contributed by atoms with van der Waals surface area (Å²) in [4.78, 5) is 0. The number of hydrogen-bond donors (Lipinski definition) is 1. The zero-order valence-electron chi connectivity index (χ0n) is 9.31. The summed E-state index contributed by atoms with van der Waals surface area (Å²) in [6.07, 6.45) is 5.31. The van der Waals surface area contributed by atoms with Crippen LogP contribution in [0.4, 0.5) is 4.39 Å². The van der Waals surface area contributed by atoms with E-state index in [9.17, 15) is 4.39 Å². The fraction of sp³-hybridized carbons (Fsp3) is 0.538. The molecule has 0 unspecified atom stereocenters. The number of rotatable bonds is 4. The molecule has 0 bridgehead atoms. The lowest BCUT2D eigenvalue weighted by atomic mass is 10.1. The minimum Gasteiger partial charge on any atom is -0.312 e. The molecule has 0 heterocycles. The highest BCUT2D eigenvalue weighted by Gasteiger charge is 2.14. The first-order chi connectivity index (χ1) is 7.77. The van der Waals surface area contributed by atoms with Gasteiger partial charge in [-0.05, 0) is 31.4 Å². The third-order valence-corrected chi connectivity index (χ3v) is 3.55. The quantitative estimate of drug-likeness (QED) is 0.847. The standard InChI is InChI=1S/C13H17ClFN/c14-12-7-3-6-11(13(12)15)9-16-8-10-4-1-2-5-10/h3,6-7,10,16H,1-2,4-5,8-9H2. The molecule has 0 spiro atoms. The van der Waals surface area contributed by atoms with E-state index in [1.807, 2.05) is 0 Å². The number of halogens is 2. The minimum atomic E-state index is -0.289. The molecular formula is C13H17ClFN. The van der Waals surface area contributed by atoms with Crippen molar-refractivity contribution in [3.8, 4) is 0 Å². The van der Waals surface area contributed by atoms with Gasteiger partial charge in [-0.25, -0.2) is 4.39 Å². The summed E-state index contributed by atoms with van der Waals surface area (Å²) in [5, 5.41) is 3.52. The van der Waals surface area contributed by atoms with Crippen molar-refractivity contribution < 1.29 is 4.39 Å². The molecule has 3 heteroatoms. The average Bonchev–Trinajstić information content (AvgIpc) is 2.77. The van der Waals surface area contributed by atoms with Crippen LogP contribution in [-0.2, 0) is 6.54 Å². The Morgan fingerprint density at radius 2 is 2.06 bits per heavy atom. The second kappa shape index (κ2) is 5.65. The molecule has 2 rings (SSSR count). The van der Waals surface area contributed by atoms with E-state index >= 15 is 0 Å². The molecule has 1 aromatic carbocycles. The Balaban J connectivity index is 1.82. The first-order valence-electron chi connectivity index (χ1n) is 5.91. The zero-order chi connectivity index (χ0) is 11.4. The summed E-state index contributed by atoms with van der Waals surface area (Å²) in [5.74, 6) is 0.491. The highest BCUT2D eigenvalue weighted by molar-refractivity contribution is 6.30. The lowest BCUT2D eigenvalue weighted by Crippen LogP contribution is -2.21. The van der Waals surface area contributed by atoms with Crippen molar-refractivity contribution in [2.45, 2.75) is 32.2 Å². The van der Waals surface area contributed by atoms with Gasteiger partial charge in [0.15, 0.2) is 0 Å². The van der Waals surface area contributed by atoms with Crippen molar-refractivity contribution in [3.63, 3.8) is 0 Å². The van der Waals surface area contributed by atoms with E-state index in [4.69, 9.17) is 11.6 Å². The molecule has 1 fully saturated rings.